The first-order chi connectivity index (χ1) is 9.20. The average molecular weight is 296 g/mol. The molecule has 0 aliphatic carbocycles. The molecule has 0 saturated carbocycles. The van der Waals surface area contributed by atoms with Gasteiger partial charge < -0.3 is 10.4 Å². The molecule has 102 valence electrons. The number of amides is 1. The Balaban J connectivity index is 1.96. The summed E-state index contributed by atoms with van der Waals surface area (Å²) in [6.45, 7) is 2.09. The van der Waals surface area contributed by atoms with E-state index in [1.54, 1.807) is 17.5 Å². The summed E-state index contributed by atoms with van der Waals surface area (Å²) in [5.41, 5.74) is 1.06. The topological polar surface area (TPSA) is 62.2 Å². The summed E-state index contributed by atoms with van der Waals surface area (Å²) in [7, 11) is 0. The quantitative estimate of drug-likeness (QED) is 0.861. The molecule has 1 amide bonds. The van der Waals surface area contributed by atoms with Crippen molar-refractivity contribution in [3.8, 4) is 10.6 Å². The highest BCUT2D eigenvalue weighted by molar-refractivity contribution is 7.17. The maximum Gasteiger partial charge on any atom is 0.263 e. The second-order valence-electron chi connectivity index (χ2n) is 4.28. The molecule has 2 aromatic rings. The van der Waals surface area contributed by atoms with Crippen molar-refractivity contribution < 1.29 is 9.90 Å². The summed E-state index contributed by atoms with van der Waals surface area (Å²) in [6, 6.07) is 2.06. The second kappa shape index (κ2) is 6.79. The van der Waals surface area contributed by atoms with Gasteiger partial charge in [0.05, 0.1) is 6.20 Å². The fraction of sp³-hybridized carbons (Fsp3) is 0.385. The molecule has 1 unspecified atom stereocenters. The van der Waals surface area contributed by atoms with Gasteiger partial charge in [-0.1, -0.05) is 0 Å². The van der Waals surface area contributed by atoms with Crippen LogP contribution in [0.15, 0.2) is 23.0 Å². The first-order valence-corrected chi connectivity index (χ1v) is 7.86. The van der Waals surface area contributed by atoms with Gasteiger partial charge in [0.2, 0.25) is 0 Å². The first kappa shape index (κ1) is 14.2. The molecule has 2 aromatic heterocycles. The molecule has 19 heavy (non-hydrogen) atoms. The standard InChI is InChI=1S/C13H16N2O2S2/c1-9(3-2-5-16)15-12(17)11-7-14-13(19-11)10-4-6-18-8-10/h4,6-9,16H,2-3,5H2,1H3,(H,15,17). The van der Waals surface area contributed by atoms with Crippen LogP contribution < -0.4 is 5.32 Å². The van der Waals surface area contributed by atoms with Gasteiger partial charge in [-0.15, -0.1) is 11.3 Å². The number of aromatic nitrogens is 1. The molecule has 0 bridgehead atoms. The fourth-order valence-electron chi connectivity index (χ4n) is 1.66. The zero-order chi connectivity index (χ0) is 13.7. The van der Waals surface area contributed by atoms with Crippen molar-refractivity contribution in [1.82, 2.24) is 10.3 Å². The highest BCUT2D eigenvalue weighted by Gasteiger charge is 2.13. The second-order valence-corrected chi connectivity index (χ2v) is 6.09. The summed E-state index contributed by atoms with van der Waals surface area (Å²) in [6.07, 6.45) is 3.09. The molecule has 2 N–H and O–H groups in total. The lowest BCUT2D eigenvalue weighted by Gasteiger charge is -2.11. The van der Waals surface area contributed by atoms with Gasteiger partial charge in [0.25, 0.3) is 5.91 Å². The number of carbonyl (C=O) groups excluding carboxylic acids is 1. The molecular weight excluding hydrogens is 280 g/mol. The monoisotopic (exact) mass is 296 g/mol. The van der Waals surface area contributed by atoms with E-state index in [1.807, 2.05) is 23.8 Å². The molecule has 0 spiro atoms. The number of hydrogen-bond donors (Lipinski definition) is 2. The molecule has 0 aliphatic rings. The molecule has 0 fully saturated rings. The van der Waals surface area contributed by atoms with Gasteiger partial charge in [-0.3, -0.25) is 4.79 Å². The minimum Gasteiger partial charge on any atom is -0.396 e. The van der Waals surface area contributed by atoms with E-state index >= 15 is 0 Å². The third-order valence-corrected chi connectivity index (χ3v) is 4.40. The Hall–Kier alpha value is -1.24. The number of hydrogen-bond acceptors (Lipinski definition) is 5. The Morgan fingerprint density at radius 1 is 1.58 bits per heavy atom. The minimum absolute atomic E-state index is 0.0614. The lowest BCUT2D eigenvalue weighted by atomic mass is 10.2. The van der Waals surface area contributed by atoms with E-state index < -0.39 is 0 Å². The van der Waals surface area contributed by atoms with Gasteiger partial charge in [-0.2, -0.15) is 11.3 Å². The zero-order valence-corrected chi connectivity index (χ0v) is 12.3. The Bertz CT molecular complexity index is 522. The molecule has 0 aromatic carbocycles. The van der Waals surface area contributed by atoms with Crippen LogP contribution in [0.25, 0.3) is 10.6 Å². The molecule has 1 atom stereocenters. The Kier molecular flexibility index (Phi) is 5.07. The molecule has 6 heteroatoms. The van der Waals surface area contributed by atoms with Crippen molar-refractivity contribution in [3.63, 3.8) is 0 Å². The molecule has 4 nitrogen and oxygen atoms in total. The van der Waals surface area contributed by atoms with Crippen molar-refractivity contribution in [2.45, 2.75) is 25.8 Å². The lowest BCUT2D eigenvalue weighted by Crippen LogP contribution is -2.32. The number of thiazole rings is 1. The Morgan fingerprint density at radius 3 is 3.11 bits per heavy atom. The maximum absolute atomic E-state index is 12.0. The number of nitrogens with one attached hydrogen (secondary N) is 1. The summed E-state index contributed by atoms with van der Waals surface area (Å²) in [4.78, 5) is 16.9. The van der Waals surface area contributed by atoms with E-state index in [-0.39, 0.29) is 18.6 Å². The van der Waals surface area contributed by atoms with E-state index in [9.17, 15) is 4.79 Å². The highest BCUT2D eigenvalue weighted by atomic mass is 32.1. The fourth-order valence-corrected chi connectivity index (χ4v) is 3.19. The predicted octanol–water partition coefficient (Wildman–Crippen LogP) is 2.76. The first-order valence-electron chi connectivity index (χ1n) is 6.11. The number of nitrogens with zero attached hydrogens (tertiary/aromatic N) is 1. The van der Waals surface area contributed by atoms with E-state index in [2.05, 4.69) is 10.3 Å². The van der Waals surface area contributed by atoms with Crippen molar-refractivity contribution >= 4 is 28.6 Å². The van der Waals surface area contributed by atoms with Crippen LogP contribution in [0, 0.1) is 0 Å². The summed E-state index contributed by atoms with van der Waals surface area (Å²) >= 11 is 3.01. The molecule has 2 heterocycles. The van der Waals surface area contributed by atoms with Crippen LogP contribution in [0.3, 0.4) is 0 Å². The lowest BCUT2D eigenvalue weighted by molar-refractivity contribution is 0.0940. The summed E-state index contributed by atoms with van der Waals surface area (Å²) in [5, 5.41) is 16.5. The van der Waals surface area contributed by atoms with Gasteiger partial charge in [-0.05, 0) is 31.2 Å². The van der Waals surface area contributed by atoms with Crippen LogP contribution in [-0.2, 0) is 0 Å². The minimum atomic E-state index is -0.0931. The van der Waals surface area contributed by atoms with E-state index in [1.165, 1.54) is 11.3 Å². The van der Waals surface area contributed by atoms with E-state index in [0.29, 0.717) is 11.3 Å². The van der Waals surface area contributed by atoms with Crippen molar-refractivity contribution in [3.05, 3.63) is 27.9 Å². The number of rotatable bonds is 6. The van der Waals surface area contributed by atoms with Crippen molar-refractivity contribution in [2.75, 3.05) is 6.61 Å². The number of thiophene rings is 1. The van der Waals surface area contributed by atoms with E-state index in [0.717, 1.165) is 17.0 Å². The summed E-state index contributed by atoms with van der Waals surface area (Å²) in [5.74, 6) is -0.0931. The molecule has 0 aliphatic heterocycles. The van der Waals surface area contributed by atoms with Gasteiger partial charge in [-0.25, -0.2) is 4.98 Å². The van der Waals surface area contributed by atoms with Crippen LogP contribution in [0.5, 0.6) is 0 Å². The van der Waals surface area contributed by atoms with Gasteiger partial charge in [0.1, 0.15) is 9.88 Å². The van der Waals surface area contributed by atoms with Crippen LogP contribution in [-0.4, -0.2) is 28.6 Å². The molecule has 0 saturated heterocycles. The summed E-state index contributed by atoms with van der Waals surface area (Å²) < 4.78 is 0. The largest absolute Gasteiger partial charge is 0.396 e. The third kappa shape index (κ3) is 3.86. The van der Waals surface area contributed by atoms with Gasteiger partial charge >= 0.3 is 0 Å². The van der Waals surface area contributed by atoms with Gasteiger partial charge in [0, 0.05) is 23.6 Å². The van der Waals surface area contributed by atoms with Crippen molar-refractivity contribution in [2.24, 2.45) is 0 Å². The smallest absolute Gasteiger partial charge is 0.263 e. The maximum atomic E-state index is 12.0. The SMILES string of the molecule is CC(CCCO)NC(=O)c1cnc(-c2ccsc2)s1. The van der Waals surface area contributed by atoms with Crippen LogP contribution in [0.4, 0.5) is 0 Å². The van der Waals surface area contributed by atoms with E-state index in [4.69, 9.17) is 5.11 Å². The number of aliphatic hydroxyl groups excluding tert-OH is 1. The predicted molar refractivity (Wildman–Crippen MR) is 78.7 cm³/mol. The third-order valence-electron chi connectivity index (χ3n) is 2.67. The molecule has 2 rings (SSSR count). The molecular formula is C13H16N2O2S2. The number of aliphatic hydroxyl groups is 1. The van der Waals surface area contributed by atoms with Crippen LogP contribution in [0.2, 0.25) is 0 Å². The van der Waals surface area contributed by atoms with Crippen molar-refractivity contribution in [1.29, 1.82) is 0 Å². The van der Waals surface area contributed by atoms with Gasteiger partial charge in [0.15, 0.2) is 0 Å². The zero-order valence-electron chi connectivity index (χ0n) is 10.6. The highest BCUT2D eigenvalue weighted by Crippen LogP contribution is 2.26. The Labute approximate surface area is 120 Å². The van der Waals surface area contributed by atoms with Crippen LogP contribution in [0.1, 0.15) is 29.4 Å². The normalized spacial score (nSPS) is 12.3. The molecule has 0 radical (unpaired) electrons. The average Bonchev–Trinajstić information content (AvgIpc) is 3.05. The Morgan fingerprint density at radius 2 is 2.42 bits per heavy atom. The van der Waals surface area contributed by atoms with Crippen LogP contribution >= 0.6 is 22.7 Å². The number of carbonyl (C=O) groups is 1.